The molecule has 2 aromatic carbocycles. The molecule has 2 heterocycles. The molecule has 1 aromatic heterocycles. The highest BCUT2D eigenvalue weighted by atomic mass is 19.4. The van der Waals surface area contributed by atoms with Gasteiger partial charge in [0.25, 0.3) is 5.91 Å². The Morgan fingerprint density at radius 1 is 1.14 bits per heavy atom. The number of carbonyl (C=O) groups is 1. The fourth-order valence-electron chi connectivity index (χ4n) is 3.36. The summed E-state index contributed by atoms with van der Waals surface area (Å²) in [5.41, 5.74) is 2.59. The normalized spacial score (nSPS) is 13.2. The van der Waals surface area contributed by atoms with Gasteiger partial charge in [0, 0.05) is 19.5 Å². The van der Waals surface area contributed by atoms with Crippen LogP contribution in [0.2, 0.25) is 0 Å². The van der Waals surface area contributed by atoms with E-state index in [1.165, 1.54) is 6.07 Å². The quantitative estimate of drug-likeness (QED) is 0.697. The van der Waals surface area contributed by atoms with Crippen LogP contribution >= 0.6 is 0 Å². The van der Waals surface area contributed by atoms with E-state index in [-0.39, 0.29) is 5.91 Å². The summed E-state index contributed by atoms with van der Waals surface area (Å²) in [5.74, 6) is 0.198. The smallest absolute Gasteiger partial charge is 0.307 e. The summed E-state index contributed by atoms with van der Waals surface area (Å²) in [6.07, 6.45) is -4.06. The molecule has 0 unspecified atom stereocenters. The van der Waals surface area contributed by atoms with Gasteiger partial charge in [-0.3, -0.25) is 14.5 Å². The van der Waals surface area contributed by atoms with Gasteiger partial charge in [-0.15, -0.1) is 0 Å². The summed E-state index contributed by atoms with van der Waals surface area (Å²) in [4.78, 5) is 17.3. The van der Waals surface area contributed by atoms with E-state index in [1.54, 1.807) is 36.0 Å². The number of hydrogen-bond donors (Lipinski definition) is 1. The average molecular weight is 398 g/mol. The highest BCUT2D eigenvalue weighted by Gasteiger charge is 2.31. The van der Waals surface area contributed by atoms with Gasteiger partial charge in [0.1, 0.15) is 5.82 Å². The lowest BCUT2D eigenvalue weighted by atomic mass is 10.0. The van der Waals surface area contributed by atoms with E-state index < -0.39 is 11.7 Å². The van der Waals surface area contributed by atoms with Crippen LogP contribution in [0.4, 0.5) is 24.7 Å². The Hall–Kier alpha value is -3.42. The van der Waals surface area contributed by atoms with Crippen molar-refractivity contribution in [1.29, 1.82) is 0 Å². The maximum absolute atomic E-state index is 13.0. The number of amides is 1. The second-order valence-electron chi connectivity index (χ2n) is 6.88. The van der Waals surface area contributed by atoms with Gasteiger partial charge < -0.3 is 5.32 Å². The number of aromatic nitrogens is 2. The largest absolute Gasteiger partial charge is 0.416 e. The Kier molecular flexibility index (Phi) is 4.49. The number of alkyl halides is 3. The lowest BCUT2D eigenvalue weighted by molar-refractivity contribution is -0.137. The Bertz CT molecular complexity index is 1150. The highest BCUT2D eigenvalue weighted by molar-refractivity contribution is 6.13. The molecule has 0 fully saturated rings. The van der Waals surface area contributed by atoms with Gasteiger partial charge in [0.2, 0.25) is 0 Å². The number of aryl methyl sites for hydroxylation is 2. The molecule has 0 aliphatic carbocycles. The number of hydrogen-bond acceptors (Lipinski definition) is 3. The number of fused-ring (bicyclic) bond motifs is 1. The second-order valence-corrected chi connectivity index (χ2v) is 6.88. The van der Waals surface area contributed by atoms with Crippen molar-refractivity contribution >= 4 is 23.1 Å². The molecule has 4 rings (SSSR count). The third-order valence-corrected chi connectivity index (χ3v) is 4.74. The first-order valence-electron chi connectivity index (χ1n) is 8.91. The number of aliphatic imine (C=N–C) groups is 1. The Labute approximate surface area is 164 Å². The van der Waals surface area contributed by atoms with Crippen LogP contribution in [-0.2, 0) is 19.6 Å². The van der Waals surface area contributed by atoms with Crippen molar-refractivity contribution in [3.8, 4) is 0 Å². The van der Waals surface area contributed by atoms with Crippen molar-refractivity contribution in [2.45, 2.75) is 19.5 Å². The van der Waals surface area contributed by atoms with Crippen molar-refractivity contribution < 1.29 is 18.0 Å². The fourth-order valence-corrected chi connectivity index (χ4v) is 3.36. The van der Waals surface area contributed by atoms with Gasteiger partial charge in [-0.1, -0.05) is 24.3 Å². The zero-order valence-corrected chi connectivity index (χ0v) is 15.7. The van der Waals surface area contributed by atoms with Crippen LogP contribution in [0, 0.1) is 6.92 Å². The third kappa shape index (κ3) is 3.65. The van der Waals surface area contributed by atoms with Gasteiger partial charge in [0.15, 0.2) is 0 Å². The summed E-state index contributed by atoms with van der Waals surface area (Å²) in [6.45, 7) is 1.82. The number of benzene rings is 2. The van der Waals surface area contributed by atoms with Crippen molar-refractivity contribution in [1.82, 2.24) is 9.78 Å². The predicted octanol–water partition coefficient (Wildman–Crippen LogP) is 4.68. The molecule has 3 aromatic rings. The minimum Gasteiger partial charge on any atom is -0.307 e. The number of para-hydroxylation sites is 1. The van der Waals surface area contributed by atoms with E-state index in [9.17, 15) is 18.0 Å². The van der Waals surface area contributed by atoms with E-state index >= 15 is 0 Å². The highest BCUT2D eigenvalue weighted by Crippen LogP contribution is 2.35. The maximum Gasteiger partial charge on any atom is 0.416 e. The molecule has 148 valence electrons. The summed E-state index contributed by atoms with van der Waals surface area (Å²) in [5, 5.41) is 7.00. The van der Waals surface area contributed by atoms with Gasteiger partial charge >= 0.3 is 6.18 Å². The van der Waals surface area contributed by atoms with E-state index in [4.69, 9.17) is 0 Å². The minimum atomic E-state index is -4.42. The fraction of sp³-hybridized carbons (Fsp3) is 0.190. The molecule has 1 amide bonds. The van der Waals surface area contributed by atoms with Gasteiger partial charge in [-0.2, -0.15) is 18.3 Å². The lowest BCUT2D eigenvalue weighted by Gasteiger charge is -2.08. The monoisotopic (exact) mass is 398 g/mol. The summed E-state index contributed by atoms with van der Waals surface area (Å²) in [7, 11) is 1.72. The van der Waals surface area contributed by atoms with E-state index in [0.717, 1.165) is 23.4 Å². The molecule has 0 bridgehead atoms. The number of halogens is 3. The molecule has 1 aliphatic rings. The van der Waals surface area contributed by atoms with Crippen LogP contribution in [0.15, 0.2) is 53.5 Å². The molecule has 0 saturated carbocycles. The second kappa shape index (κ2) is 6.88. The van der Waals surface area contributed by atoms with Gasteiger partial charge in [-0.25, -0.2) is 0 Å². The molecular formula is C21H17F3N4O. The molecular weight excluding hydrogens is 381 g/mol. The maximum atomic E-state index is 13.0. The standard InChI is InChI=1S/C21H17F3N4O/c1-12-9-18(28(2)27-12)26-20(29)16-8-4-6-14-11-17(25-19(14)16)13-5-3-7-15(10-13)21(22,23)24/h3-10H,11H2,1-2H3,(H,26,29). The SMILES string of the molecule is Cc1cc(NC(=O)c2cccc3c2N=C(c2cccc(C(F)(F)F)c2)C3)n(C)n1. The van der Waals surface area contributed by atoms with Crippen molar-refractivity contribution in [2.75, 3.05) is 5.32 Å². The van der Waals surface area contributed by atoms with Crippen LogP contribution in [0.5, 0.6) is 0 Å². The summed E-state index contributed by atoms with van der Waals surface area (Å²) >= 11 is 0. The third-order valence-electron chi connectivity index (χ3n) is 4.74. The first-order chi connectivity index (χ1) is 13.7. The van der Waals surface area contributed by atoms with Crippen molar-refractivity contribution in [2.24, 2.45) is 12.0 Å². The average Bonchev–Trinajstić information content (AvgIpc) is 3.23. The number of anilines is 1. The van der Waals surface area contributed by atoms with E-state index in [0.29, 0.717) is 34.8 Å². The van der Waals surface area contributed by atoms with E-state index in [2.05, 4.69) is 15.4 Å². The van der Waals surface area contributed by atoms with Crippen LogP contribution in [0.1, 0.15) is 32.7 Å². The molecule has 0 atom stereocenters. The summed E-state index contributed by atoms with van der Waals surface area (Å²) < 4.78 is 40.7. The van der Waals surface area contributed by atoms with E-state index in [1.807, 2.05) is 13.0 Å². The predicted molar refractivity (Wildman–Crippen MR) is 104 cm³/mol. The van der Waals surface area contributed by atoms with Gasteiger partial charge in [0.05, 0.1) is 28.2 Å². The minimum absolute atomic E-state index is 0.348. The molecule has 8 heteroatoms. The molecule has 1 aliphatic heterocycles. The van der Waals surface area contributed by atoms with Crippen molar-refractivity contribution in [3.63, 3.8) is 0 Å². The van der Waals surface area contributed by atoms with Crippen LogP contribution < -0.4 is 5.32 Å². The zero-order valence-electron chi connectivity index (χ0n) is 15.7. The molecule has 5 nitrogen and oxygen atoms in total. The molecule has 0 spiro atoms. The first-order valence-corrected chi connectivity index (χ1v) is 8.91. The molecule has 1 N–H and O–H groups in total. The molecule has 0 saturated heterocycles. The lowest BCUT2D eigenvalue weighted by Crippen LogP contribution is -2.14. The summed E-state index contributed by atoms with van der Waals surface area (Å²) in [6, 6.07) is 12.0. The Balaban J connectivity index is 1.66. The first kappa shape index (κ1) is 18.9. The van der Waals surface area contributed by atoms with Crippen molar-refractivity contribution in [3.05, 3.63) is 76.5 Å². The van der Waals surface area contributed by atoms with Crippen LogP contribution in [-0.4, -0.2) is 21.4 Å². The topological polar surface area (TPSA) is 59.3 Å². The Morgan fingerprint density at radius 3 is 2.59 bits per heavy atom. The zero-order chi connectivity index (χ0) is 20.8. The molecule has 29 heavy (non-hydrogen) atoms. The Morgan fingerprint density at radius 2 is 1.90 bits per heavy atom. The van der Waals surface area contributed by atoms with Crippen LogP contribution in [0.25, 0.3) is 0 Å². The molecule has 0 radical (unpaired) electrons. The van der Waals surface area contributed by atoms with Gasteiger partial charge in [-0.05, 0) is 36.2 Å². The van der Waals surface area contributed by atoms with Crippen LogP contribution in [0.3, 0.4) is 0 Å². The number of nitrogens with one attached hydrogen (secondary N) is 1. The number of rotatable bonds is 3. The number of carbonyl (C=O) groups excluding carboxylic acids is 1. The number of nitrogens with zero attached hydrogens (tertiary/aromatic N) is 3.